The lowest BCUT2D eigenvalue weighted by molar-refractivity contribution is -0.147. The molecule has 1 aromatic heterocycles. The molecule has 0 saturated heterocycles. The van der Waals surface area contributed by atoms with Crippen molar-refractivity contribution in [3.8, 4) is 0 Å². The van der Waals surface area contributed by atoms with Crippen LogP contribution in [0.25, 0.3) is 0 Å². The average molecular weight is 497 g/mol. The van der Waals surface area contributed by atoms with Crippen molar-refractivity contribution in [1.82, 2.24) is 25.9 Å². The largest absolute Gasteiger partial charge is 0.481 e. The molecule has 1 aromatic rings. The predicted octanol–water partition coefficient (Wildman–Crippen LogP) is -0.615. The number of nitrogens with zero attached hydrogens (tertiary/aromatic N) is 1. The molecule has 3 amide bonds. The molecule has 1 rings (SSSR count). The summed E-state index contributed by atoms with van der Waals surface area (Å²) in [5, 5.41) is 25.6. The summed E-state index contributed by atoms with van der Waals surface area (Å²) in [6.45, 7) is 7.43. The van der Waals surface area contributed by atoms with Gasteiger partial charge in [0, 0.05) is 18.3 Å². The van der Waals surface area contributed by atoms with E-state index in [9.17, 15) is 29.1 Å². The van der Waals surface area contributed by atoms with Crippen molar-refractivity contribution < 1.29 is 34.2 Å². The van der Waals surface area contributed by atoms with E-state index in [-0.39, 0.29) is 18.3 Å². The van der Waals surface area contributed by atoms with Crippen LogP contribution < -0.4 is 21.7 Å². The summed E-state index contributed by atoms with van der Waals surface area (Å²) >= 11 is 0. The highest BCUT2D eigenvalue weighted by atomic mass is 16.4. The van der Waals surface area contributed by atoms with Gasteiger partial charge in [-0.1, -0.05) is 34.1 Å². The lowest BCUT2D eigenvalue weighted by Gasteiger charge is -2.28. The van der Waals surface area contributed by atoms with E-state index in [0.29, 0.717) is 18.5 Å². The molecule has 0 bridgehead atoms. The van der Waals surface area contributed by atoms with Gasteiger partial charge in [0.2, 0.25) is 17.7 Å². The van der Waals surface area contributed by atoms with Crippen molar-refractivity contribution >= 4 is 29.7 Å². The minimum atomic E-state index is -1.69. The molecule has 5 atom stereocenters. The number of hydrogen-bond acceptors (Lipinski definition) is 7. The Morgan fingerprint density at radius 1 is 1.00 bits per heavy atom. The number of H-pyrrole nitrogens is 1. The van der Waals surface area contributed by atoms with E-state index in [0.717, 1.165) is 0 Å². The van der Waals surface area contributed by atoms with Crippen molar-refractivity contribution in [3.63, 3.8) is 0 Å². The fourth-order valence-electron chi connectivity index (χ4n) is 3.31. The number of carboxylic acids is 2. The molecule has 1 heterocycles. The zero-order valence-electron chi connectivity index (χ0n) is 20.4. The Balaban J connectivity index is 3.09. The number of carboxylic acid groups (broad SMARTS) is 2. The van der Waals surface area contributed by atoms with E-state index in [4.69, 9.17) is 10.8 Å². The van der Waals surface area contributed by atoms with Crippen molar-refractivity contribution in [2.24, 2.45) is 17.6 Å². The van der Waals surface area contributed by atoms with Gasteiger partial charge in [-0.25, -0.2) is 9.78 Å². The molecule has 35 heavy (non-hydrogen) atoms. The highest BCUT2D eigenvalue weighted by Gasteiger charge is 2.33. The second-order valence-corrected chi connectivity index (χ2v) is 8.95. The van der Waals surface area contributed by atoms with E-state index in [1.165, 1.54) is 12.5 Å². The van der Waals surface area contributed by atoms with Crippen molar-refractivity contribution in [3.05, 3.63) is 18.2 Å². The topological polar surface area (TPSA) is 217 Å². The molecule has 0 aromatic carbocycles. The summed E-state index contributed by atoms with van der Waals surface area (Å²) in [4.78, 5) is 67.7. The van der Waals surface area contributed by atoms with Gasteiger partial charge >= 0.3 is 11.9 Å². The first-order valence-corrected chi connectivity index (χ1v) is 11.4. The van der Waals surface area contributed by atoms with Crippen molar-refractivity contribution in [2.75, 3.05) is 0 Å². The van der Waals surface area contributed by atoms with Crippen LogP contribution in [-0.2, 0) is 30.4 Å². The van der Waals surface area contributed by atoms with Crippen LogP contribution in [-0.4, -0.2) is 74.0 Å². The van der Waals surface area contributed by atoms with Gasteiger partial charge in [0.1, 0.15) is 18.1 Å². The maximum Gasteiger partial charge on any atom is 0.326 e. The van der Waals surface area contributed by atoms with E-state index < -0.39 is 60.2 Å². The number of nitrogens with one attached hydrogen (secondary N) is 4. The summed E-state index contributed by atoms with van der Waals surface area (Å²) < 4.78 is 0. The van der Waals surface area contributed by atoms with Gasteiger partial charge in [-0.15, -0.1) is 0 Å². The van der Waals surface area contributed by atoms with Crippen LogP contribution in [0.3, 0.4) is 0 Å². The minimum absolute atomic E-state index is 0.0784. The van der Waals surface area contributed by atoms with Gasteiger partial charge in [-0.3, -0.25) is 19.2 Å². The third-order valence-electron chi connectivity index (χ3n) is 5.46. The van der Waals surface area contributed by atoms with Crippen molar-refractivity contribution in [2.45, 2.75) is 77.5 Å². The SMILES string of the molecule is CCC(C)C(NC(=O)C(N)CC(C)C)C(=O)NC(Cc1cnc[nH]1)C(=O)NC(CC(=O)O)C(=O)O. The lowest BCUT2D eigenvalue weighted by Crippen LogP contribution is -2.59. The average Bonchev–Trinajstić information content (AvgIpc) is 3.27. The number of nitrogens with two attached hydrogens (primary N) is 1. The van der Waals surface area contributed by atoms with E-state index in [1.807, 2.05) is 20.8 Å². The zero-order valence-corrected chi connectivity index (χ0v) is 20.4. The Kier molecular flexibility index (Phi) is 11.9. The van der Waals surface area contributed by atoms with Gasteiger partial charge in [0.05, 0.1) is 18.8 Å². The van der Waals surface area contributed by atoms with E-state index >= 15 is 0 Å². The van der Waals surface area contributed by atoms with Crippen LogP contribution in [0, 0.1) is 11.8 Å². The smallest absolute Gasteiger partial charge is 0.326 e. The summed E-state index contributed by atoms with van der Waals surface area (Å²) in [5.74, 6) is -5.13. The van der Waals surface area contributed by atoms with Crippen LogP contribution in [0.1, 0.15) is 52.7 Å². The molecule has 0 aliphatic rings. The Labute approximate surface area is 203 Å². The number of carbonyl (C=O) groups excluding carboxylic acids is 3. The molecule has 0 aliphatic heterocycles. The number of rotatable bonds is 15. The number of amides is 3. The van der Waals surface area contributed by atoms with Gasteiger partial charge in [-0.05, 0) is 18.3 Å². The molecule has 13 heteroatoms. The molecule has 0 fully saturated rings. The van der Waals surface area contributed by atoms with E-state index in [2.05, 4.69) is 25.9 Å². The predicted molar refractivity (Wildman–Crippen MR) is 125 cm³/mol. The number of hydrogen-bond donors (Lipinski definition) is 7. The second-order valence-electron chi connectivity index (χ2n) is 8.95. The first-order valence-electron chi connectivity index (χ1n) is 11.4. The highest BCUT2D eigenvalue weighted by molar-refractivity contribution is 5.94. The third kappa shape index (κ3) is 10.1. The van der Waals surface area contributed by atoms with Crippen molar-refractivity contribution in [1.29, 1.82) is 0 Å². The van der Waals surface area contributed by atoms with Crippen LogP contribution in [0.2, 0.25) is 0 Å². The third-order valence-corrected chi connectivity index (χ3v) is 5.46. The van der Waals surface area contributed by atoms with Gasteiger partial charge in [0.25, 0.3) is 0 Å². The Morgan fingerprint density at radius 3 is 2.11 bits per heavy atom. The quantitative estimate of drug-likeness (QED) is 0.164. The summed E-state index contributed by atoms with van der Waals surface area (Å²) in [5.41, 5.74) is 6.42. The molecule has 0 radical (unpaired) electrons. The number of imidazole rings is 1. The molecule has 8 N–H and O–H groups in total. The second kappa shape index (κ2) is 14.0. The monoisotopic (exact) mass is 496 g/mol. The standard InChI is InChI=1S/C22H36N6O7/c1-5-12(4)18(28-19(31)14(23)6-11(2)3)21(33)26-15(7-13-9-24-10-25-13)20(32)27-16(22(34)35)8-17(29)30/h9-12,14-16,18H,5-8,23H2,1-4H3,(H,24,25)(H,26,33)(H,27,32)(H,28,31)(H,29,30)(H,34,35). The molecular formula is C22H36N6O7. The number of aliphatic carboxylic acids is 2. The molecule has 0 spiro atoms. The molecular weight excluding hydrogens is 460 g/mol. The van der Waals surface area contributed by atoms with Crippen LogP contribution in [0.15, 0.2) is 12.5 Å². The highest BCUT2D eigenvalue weighted by Crippen LogP contribution is 2.11. The fraction of sp³-hybridized carbons (Fsp3) is 0.636. The van der Waals surface area contributed by atoms with Crippen LogP contribution in [0.5, 0.6) is 0 Å². The van der Waals surface area contributed by atoms with Crippen LogP contribution >= 0.6 is 0 Å². The molecule has 196 valence electrons. The van der Waals surface area contributed by atoms with Gasteiger partial charge in [0.15, 0.2) is 0 Å². The maximum atomic E-state index is 13.2. The van der Waals surface area contributed by atoms with E-state index in [1.54, 1.807) is 6.92 Å². The number of aromatic amines is 1. The van der Waals surface area contributed by atoms with Crippen LogP contribution in [0.4, 0.5) is 0 Å². The Hall–Kier alpha value is -3.48. The first kappa shape index (κ1) is 29.6. The summed E-state index contributed by atoms with van der Waals surface area (Å²) in [6.07, 6.45) is 2.84. The maximum absolute atomic E-state index is 13.2. The summed E-state index contributed by atoms with van der Waals surface area (Å²) in [7, 11) is 0. The molecule has 5 unspecified atom stereocenters. The lowest BCUT2D eigenvalue weighted by atomic mass is 9.96. The number of carbonyl (C=O) groups is 5. The van der Waals surface area contributed by atoms with Gasteiger partial charge < -0.3 is 36.9 Å². The first-order chi connectivity index (χ1) is 16.3. The molecule has 0 saturated carbocycles. The fourth-order valence-corrected chi connectivity index (χ4v) is 3.31. The summed E-state index contributed by atoms with van der Waals surface area (Å²) in [6, 6.07) is -4.78. The zero-order chi connectivity index (χ0) is 26.7. The molecule has 13 nitrogen and oxygen atoms in total. The number of aromatic nitrogens is 2. The van der Waals surface area contributed by atoms with Gasteiger partial charge in [-0.2, -0.15) is 0 Å². The Morgan fingerprint density at radius 2 is 1.63 bits per heavy atom. The minimum Gasteiger partial charge on any atom is -0.481 e. The normalized spacial score (nSPS) is 15.4. The Bertz CT molecular complexity index is 874. The molecule has 0 aliphatic carbocycles.